The van der Waals surface area contributed by atoms with Crippen molar-refractivity contribution in [1.82, 2.24) is 20.2 Å². The normalized spacial score (nSPS) is 23.8. The van der Waals surface area contributed by atoms with Crippen LogP contribution in [0.25, 0.3) is 32.8 Å². The molecule has 5 heterocycles. The van der Waals surface area contributed by atoms with Crippen LogP contribution in [0, 0.1) is 29.8 Å². The fraction of sp³-hybridized carbons (Fsp3) is 0.417. The first kappa shape index (κ1) is 35.9. The summed E-state index contributed by atoms with van der Waals surface area (Å²) in [4.78, 5) is 21.4. The average molecular weight is 748 g/mol. The van der Waals surface area contributed by atoms with Gasteiger partial charge in [0.25, 0.3) is 6.47 Å². The molecule has 4 fully saturated rings. The van der Waals surface area contributed by atoms with E-state index in [0.717, 1.165) is 37.9 Å². The topological polar surface area (TPSA) is 100 Å². The first-order valence-corrected chi connectivity index (χ1v) is 17.0. The number of carboxylic acid groups (broad SMARTS) is 1. The van der Waals surface area contributed by atoms with Crippen LogP contribution in [0.15, 0.2) is 24.3 Å². The number of aromatic nitrogens is 2. The summed E-state index contributed by atoms with van der Waals surface area (Å²) in [6.07, 6.45) is 8.31. The van der Waals surface area contributed by atoms with Crippen LogP contribution in [-0.4, -0.2) is 89.6 Å². The number of halogens is 7. The van der Waals surface area contributed by atoms with E-state index in [0.29, 0.717) is 26.1 Å². The number of rotatable bonds is 7. The molecule has 8 rings (SSSR count). The molecule has 4 aliphatic rings. The molecule has 4 aromatic rings. The maximum Gasteiger partial charge on any atom is 0.387 e. The third-order valence-electron chi connectivity index (χ3n) is 10.4. The molecule has 0 aliphatic carbocycles. The average Bonchev–Trinajstić information content (AvgIpc) is 3.76. The molecular weight excluding hydrogens is 716 g/mol. The lowest BCUT2D eigenvalue weighted by atomic mass is 9.92. The molecule has 4 aliphatic heterocycles. The summed E-state index contributed by atoms with van der Waals surface area (Å²) in [5.74, 6) is -1.38. The second kappa shape index (κ2) is 14.1. The smallest absolute Gasteiger partial charge is 0.387 e. The number of piperazine rings is 1. The van der Waals surface area contributed by atoms with E-state index in [4.69, 9.17) is 32.7 Å². The molecule has 4 atom stereocenters. The minimum atomic E-state index is -3.26. The van der Waals surface area contributed by atoms with Gasteiger partial charge in [0.05, 0.1) is 27.1 Å². The molecule has 3 aromatic carbocycles. The largest absolute Gasteiger partial charge is 0.483 e. The zero-order chi connectivity index (χ0) is 36.9. The Morgan fingerprint density at radius 2 is 1.85 bits per heavy atom. The van der Waals surface area contributed by atoms with Gasteiger partial charge in [-0.3, -0.25) is 9.69 Å². The maximum atomic E-state index is 17.1. The van der Waals surface area contributed by atoms with E-state index < -0.39 is 57.6 Å². The summed E-state index contributed by atoms with van der Waals surface area (Å²) in [7, 11) is 0. The Morgan fingerprint density at radius 3 is 2.54 bits per heavy atom. The number of nitrogens with one attached hydrogen (secondary N) is 1. The first-order chi connectivity index (χ1) is 25.0. The second-order valence-electron chi connectivity index (χ2n) is 13.4. The zero-order valence-electron chi connectivity index (χ0n) is 27.5. The van der Waals surface area contributed by atoms with Gasteiger partial charge < -0.3 is 24.8 Å². The van der Waals surface area contributed by atoms with Gasteiger partial charge in [0.2, 0.25) is 0 Å². The number of ether oxygens (including phenoxy) is 2. The Kier molecular flexibility index (Phi) is 9.75. The second-order valence-corrected chi connectivity index (χ2v) is 13.8. The van der Waals surface area contributed by atoms with E-state index in [1.807, 2.05) is 4.90 Å². The predicted molar refractivity (Wildman–Crippen MR) is 181 cm³/mol. The molecule has 274 valence electrons. The van der Waals surface area contributed by atoms with Crippen molar-refractivity contribution in [2.24, 2.45) is 0 Å². The number of alkyl halides is 3. The highest BCUT2D eigenvalue weighted by molar-refractivity contribution is 6.37. The summed E-state index contributed by atoms with van der Waals surface area (Å²) in [6, 6.07) is 4.43. The molecule has 9 nitrogen and oxygen atoms in total. The number of benzene rings is 3. The van der Waals surface area contributed by atoms with E-state index in [-0.39, 0.29) is 70.7 Å². The standard InChI is InChI=1S/C35H30ClF6N5O2.CH2O2/c1-2-22-24(38)7-4-17-10-21(49-33(41)42)11-23(25(17)22)26-29(39)28(36)27-31(30(26)40)44-34(45-32(27)46-14-19-5-6-20(15-46)43-19)48-16-35-8-3-9-47(35)13-18(37)12-35;2-1-3/h1,4,7,10-11,18-20,33,43H,3,5-6,8-9,12-16H2;1H,(H,2,3)/t18-,19?,20?,35+;/m1./s1. The number of hydrogen-bond donors (Lipinski definition) is 2. The molecule has 0 saturated carbocycles. The number of carbonyl (C=O) groups is 1. The molecule has 0 spiro atoms. The number of terminal acetylenes is 1. The van der Waals surface area contributed by atoms with Crippen molar-refractivity contribution >= 4 is 45.6 Å². The van der Waals surface area contributed by atoms with Gasteiger partial charge in [-0.1, -0.05) is 23.6 Å². The van der Waals surface area contributed by atoms with Crippen molar-refractivity contribution in [2.75, 3.05) is 37.7 Å². The van der Waals surface area contributed by atoms with Crippen molar-refractivity contribution < 1.29 is 45.7 Å². The number of hydrogen-bond acceptors (Lipinski definition) is 8. The van der Waals surface area contributed by atoms with Crippen molar-refractivity contribution in [2.45, 2.75) is 62.5 Å². The predicted octanol–water partition coefficient (Wildman–Crippen LogP) is 6.70. The van der Waals surface area contributed by atoms with Crippen LogP contribution >= 0.6 is 11.6 Å². The summed E-state index contributed by atoms with van der Waals surface area (Å²) >= 11 is 6.75. The lowest BCUT2D eigenvalue weighted by molar-refractivity contribution is -0.122. The van der Waals surface area contributed by atoms with Crippen LogP contribution in [0.2, 0.25) is 5.02 Å². The molecular formula is C36H32ClF6N5O4. The van der Waals surface area contributed by atoms with Gasteiger partial charge in [0.15, 0.2) is 11.6 Å². The van der Waals surface area contributed by atoms with Crippen LogP contribution in [0.4, 0.5) is 32.2 Å². The first-order valence-electron chi connectivity index (χ1n) is 16.6. The molecule has 4 saturated heterocycles. The van der Waals surface area contributed by atoms with E-state index in [9.17, 15) is 17.6 Å². The Labute approximate surface area is 298 Å². The third-order valence-corrected chi connectivity index (χ3v) is 10.7. The minimum Gasteiger partial charge on any atom is -0.483 e. The highest BCUT2D eigenvalue weighted by Gasteiger charge is 2.49. The van der Waals surface area contributed by atoms with Crippen LogP contribution in [0.3, 0.4) is 0 Å². The summed E-state index contributed by atoms with van der Waals surface area (Å²) in [5, 5.41) is 9.76. The van der Waals surface area contributed by atoms with E-state index in [1.54, 1.807) is 0 Å². The highest BCUT2D eigenvalue weighted by Crippen LogP contribution is 2.46. The maximum absolute atomic E-state index is 17.1. The molecule has 2 bridgehead atoms. The van der Waals surface area contributed by atoms with Gasteiger partial charge in [0.1, 0.15) is 35.7 Å². The van der Waals surface area contributed by atoms with Gasteiger partial charge in [0, 0.05) is 49.1 Å². The summed E-state index contributed by atoms with van der Waals surface area (Å²) < 4.78 is 101. The van der Waals surface area contributed by atoms with E-state index >= 15 is 8.78 Å². The SMILES string of the molecule is C#Cc1c(F)ccc2cc(OC(F)F)cc(-c3c(F)c(Cl)c4c(N5CC6CCC(C5)N6)nc(OC[C@@]56CCCN5C[C@H](F)C6)nc4c3F)c12.O=CO. The molecule has 0 amide bonds. The minimum absolute atomic E-state index is 0.0526. The number of nitrogens with zero attached hydrogens (tertiary/aromatic N) is 4. The molecule has 0 radical (unpaired) electrons. The molecule has 2 N–H and O–H groups in total. The Morgan fingerprint density at radius 1 is 1.12 bits per heavy atom. The van der Waals surface area contributed by atoms with Gasteiger partial charge in [-0.05, 0) is 55.8 Å². The van der Waals surface area contributed by atoms with E-state index in [1.165, 1.54) is 12.1 Å². The van der Waals surface area contributed by atoms with Crippen LogP contribution in [0.1, 0.15) is 37.7 Å². The van der Waals surface area contributed by atoms with Gasteiger partial charge in [-0.15, -0.1) is 6.42 Å². The quantitative estimate of drug-likeness (QED) is 0.0927. The third kappa shape index (κ3) is 6.30. The van der Waals surface area contributed by atoms with Crippen LogP contribution in [0.5, 0.6) is 11.8 Å². The lowest BCUT2D eigenvalue weighted by Crippen LogP contribution is -2.51. The van der Waals surface area contributed by atoms with Gasteiger partial charge in [-0.25, -0.2) is 17.6 Å². The Balaban J connectivity index is 0.00000136. The summed E-state index contributed by atoms with van der Waals surface area (Å²) in [6.45, 7) is -1.48. The van der Waals surface area contributed by atoms with Crippen molar-refractivity contribution in [3.8, 4) is 35.2 Å². The Hall–Kier alpha value is -4.52. The molecule has 2 unspecified atom stereocenters. The molecule has 16 heteroatoms. The van der Waals surface area contributed by atoms with Crippen molar-refractivity contribution in [1.29, 1.82) is 0 Å². The monoisotopic (exact) mass is 747 g/mol. The number of anilines is 1. The van der Waals surface area contributed by atoms with E-state index in [2.05, 4.69) is 30.8 Å². The van der Waals surface area contributed by atoms with Crippen molar-refractivity contribution in [3.05, 3.63) is 52.3 Å². The van der Waals surface area contributed by atoms with Gasteiger partial charge >= 0.3 is 12.6 Å². The van der Waals surface area contributed by atoms with Crippen LogP contribution in [-0.2, 0) is 4.79 Å². The van der Waals surface area contributed by atoms with Gasteiger partial charge in [-0.2, -0.15) is 18.7 Å². The number of fused-ring (bicyclic) bond motifs is 5. The highest BCUT2D eigenvalue weighted by atomic mass is 35.5. The molecule has 1 aromatic heterocycles. The fourth-order valence-corrected chi connectivity index (χ4v) is 8.56. The Bertz CT molecular complexity index is 2090. The van der Waals surface area contributed by atoms with Crippen molar-refractivity contribution in [3.63, 3.8) is 0 Å². The lowest BCUT2D eigenvalue weighted by Gasteiger charge is -2.35. The van der Waals surface area contributed by atoms with Crippen LogP contribution < -0.4 is 19.7 Å². The summed E-state index contributed by atoms with van der Waals surface area (Å²) in [5.41, 5.74) is -2.41. The zero-order valence-corrected chi connectivity index (χ0v) is 28.2. The fourth-order valence-electron chi connectivity index (χ4n) is 8.29. The molecule has 52 heavy (non-hydrogen) atoms.